The van der Waals surface area contributed by atoms with Crippen molar-refractivity contribution in [2.24, 2.45) is 0 Å². The first-order chi connectivity index (χ1) is 12.4. The second-order valence-corrected chi connectivity index (χ2v) is 7.94. The van der Waals surface area contributed by atoms with Crippen LogP contribution in [0.25, 0.3) is 0 Å². The van der Waals surface area contributed by atoms with Gasteiger partial charge in [0, 0.05) is 19.9 Å². The highest BCUT2D eigenvalue weighted by molar-refractivity contribution is 7.90. The number of sulfone groups is 1. The van der Waals surface area contributed by atoms with Crippen LogP contribution in [0.15, 0.2) is 59.5 Å². The topological polar surface area (TPSA) is 84.5 Å². The van der Waals surface area contributed by atoms with Crippen LogP contribution in [0, 0.1) is 0 Å². The van der Waals surface area contributed by atoms with Crippen molar-refractivity contribution in [3.63, 3.8) is 0 Å². The van der Waals surface area contributed by atoms with Crippen molar-refractivity contribution in [1.82, 2.24) is 10.6 Å². The first-order valence-electron chi connectivity index (χ1n) is 8.26. The van der Waals surface area contributed by atoms with Crippen molar-refractivity contribution < 1.29 is 17.9 Å². The van der Waals surface area contributed by atoms with Crippen LogP contribution in [0.4, 0.5) is 0 Å². The number of amides is 1. The highest BCUT2D eigenvalue weighted by atomic mass is 35.5. The van der Waals surface area contributed by atoms with Crippen molar-refractivity contribution in [3.8, 4) is 0 Å². The van der Waals surface area contributed by atoms with E-state index in [0.29, 0.717) is 18.7 Å². The average Bonchev–Trinajstić information content (AvgIpc) is 2.63. The van der Waals surface area contributed by atoms with Gasteiger partial charge in [-0.25, -0.2) is 8.42 Å². The third-order valence-electron chi connectivity index (χ3n) is 3.83. The number of methoxy groups -OCH3 is 1. The fourth-order valence-electron chi connectivity index (χ4n) is 2.52. The van der Waals surface area contributed by atoms with Crippen LogP contribution in [-0.2, 0) is 19.4 Å². The Labute approximate surface area is 166 Å². The Morgan fingerprint density at radius 2 is 1.74 bits per heavy atom. The molecule has 27 heavy (non-hydrogen) atoms. The molecule has 0 aliphatic heterocycles. The Morgan fingerprint density at radius 3 is 2.37 bits per heavy atom. The number of hydrogen-bond acceptors (Lipinski definition) is 5. The summed E-state index contributed by atoms with van der Waals surface area (Å²) >= 11 is 0. The smallest absolute Gasteiger partial charge is 0.234 e. The van der Waals surface area contributed by atoms with Crippen LogP contribution in [0.5, 0.6) is 0 Å². The third kappa shape index (κ3) is 7.30. The second kappa shape index (κ2) is 11.0. The lowest BCUT2D eigenvalue weighted by Gasteiger charge is -2.20. The number of hydrogen-bond donors (Lipinski definition) is 2. The van der Waals surface area contributed by atoms with Crippen molar-refractivity contribution in [2.45, 2.75) is 10.9 Å². The van der Waals surface area contributed by atoms with E-state index >= 15 is 0 Å². The molecule has 2 aromatic rings. The number of ether oxygens (including phenoxy) is 1. The van der Waals surface area contributed by atoms with Crippen LogP contribution in [0.1, 0.15) is 17.2 Å². The van der Waals surface area contributed by atoms with E-state index in [1.54, 1.807) is 25.3 Å². The molecule has 2 N–H and O–H groups in total. The predicted octanol–water partition coefficient (Wildman–Crippen LogP) is 1.95. The molecule has 0 bridgehead atoms. The van der Waals surface area contributed by atoms with E-state index in [-0.39, 0.29) is 29.8 Å². The Balaban J connectivity index is 0.00000364. The maximum Gasteiger partial charge on any atom is 0.234 e. The average molecular weight is 413 g/mol. The molecule has 1 atom stereocenters. The van der Waals surface area contributed by atoms with E-state index in [0.717, 1.165) is 5.56 Å². The van der Waals surface area contributed by atoms with Crippen LogP contribution >= 0.6 is 12.4 Å². The number of carbonyl (C=O) groups is 1. The number of rotatable bonds is 9. The molecule has 0 saturated carbocycles. The predicted molar refractivity (Wildman–Crippen MR) is 108 cm³/mol. The van der Waals surface area contributed by atoms with Gasteiger partial charge in [0.05, 0.1) is 24.1 Å². The molecular formula is C19H25ClN2O4S. The molecule has 148 valence electrons. The van der Waals surface area contributed by atoms with Crippen molar-refractivity contribution in [2.75, 3.05) is 33.1 Å². The van der Waals surface area contributed by atoms with Gasteiger partial charge in [-0.2, -0.15) is 0 Å². The fraction of sp³-hybridized carbons (Fsp3) is 0.316. The molecule has 0 spiro atoms. The monoisotopic (exact) mass is 412 g/mol. The molecular weight excluding hydrogens is 388 g/mol. The zero-order chi connectivity index (χ0) is 19.0. The molecule has 0 fully saturated rings. The summed E-state index contributed by atoms with van der Waals surface area (Å²) in [5.41, 5.74) is 1.59. The summed E-state index contributed by atoms with van der Waals surface area (Å²) in [7, 11) is -1.73. The molecule has 0 aromatic heterocycles. The first-order valence-corrected chi connectivity index (χ1v) is 10.1. The number of nitrogens with one attached hydrogen (secondary N) is 2. The fourth-order valence-corrected chi connectivity index (χ4v) is 3.19. The minimum Gasteiger partial charge on any atom is -0.383 e. The molecule has 0 saturated heterocycles. The van der Waals surface area contributed by atoms with E-state index in [9.17, 15) is 13.2 Å². The molecule has 1 unspecified atom stereocenters. The standard InChI is InChI=1S/C19H24N2O4S.ClH/c1-25-12-11-20-14-18(22)21-19(15-7-4-3-5-8-15)16-9-6-10-17(13-16)26(2,23)24;/h3-10,13,19-20H,11-12,14H2,1-2H3,(H,21,22);1H. The third-order valence-corrected chi connectivity index (χ3v) is 4.94. The minimum absolute atomic E-state index is 0. The van der Waals surface area contributed by atoms with Crippen LogP contribution in [-0.4, -0.2) is 47.4 Å². The number of carbonyl (C=O) groups excluding carboxylic acids is 1. The summed E-state index contributed by atoms with van der Waals surface area (Å²) in [6.45, 7) is 1.24. The lowest BCUT2D eigenvalue weighted by molar-refractivity contribution is -0.120. The van der Waals surface area contributed by atoms with Crippen LogP contribution < -0.4 is 10.6 Å². The van der Waals surface area contributed by atoms with Gasteiger partial charge in [0.15, 0.2) is 9.84 Å². The zero-order valence-corrected chi connectivity index (χ0v) is 17.0. The molecule has 0 aliphatic carbocycles. The highest BCUT2D eigenvalue weighted by Crippen LogP contribution is 2.24. The SMILES string of the molecule is COCCNCC(=O)NC(c1ccccc1)c1cccc(S(C)(=O)=O)c1.Cl. The van der Waals surface area contributed by atoms with Gasteiger partial charge in [0.2, 0.25) is 5.91 Å². The summed E-state index contributed by atoms with van der Waals surface area (Å²) in [4.78, 5) is 12.5. The Kier molecular flexibility index (Phi) is 9.45. The van der Waals surface area contributed by atoms with Crippen LogP contribution in [0.3, 0.4) is 0 Å². The zero-order valence-electron chi connectivity index (χ0n) is 15.3. The van der Waals surface area contributed by atoms with E-state index < -0.39 is 15.9 Å². The number of benzene rings is 2. The van der Waals surface area contributed by atoms with Gasteiger partial charge in [-0.15, -0.1) is 12.4 Å². The quantitative estimate of drug-likeness (QED) is 0.615. The molecule has 0 radical (unpaired) electrons. The van der Waals surface area contributed by atoms with Gasteiger partial charge in [0.1, 0.15) is 0 Å². The summed E-state index contributed by atoms with van der Waals surface area (Å²) in [6.07, 6.45) is 1.17. The summed E-state index contributed by atoms with van der Waals surface area (Å²) in [5, 5.41) is 5.97. The summed E-state index contributed by atoms with van der Waals surface area (Å²) < 4.78 is 28.7. The summed E-state index contributed by atoms with van der Waals surface area (Å²) in [6, 6.07) is 15.7. The van der Waals surface area contributed by atoms with Gasteiger partial charge in [-0.1, -0.05) is 42.5 Å². The van der Waals surface area contributed by atoms with E-state index in [4.69, 9.17) is 4.74 Å². The normalized spacial score (nSPS) is 12.1. The maximum atomic E-state index is 12.3. The van der Waals surface area contributed by atoms with Gasteiger partial charge in [-0.3, -0.25) is 4.79 Å². The minimum atomic E-state index is -3.33. The largest absolute Gasteiger partial charge is 0.383 e. The second-order valence-electron chi connectivity index (χ2n) is 5.93. The Morgan fingerprint density at radius 1 is 1.07 bits per heavy atom. The highest BCUT2D eigenvalue weighted by Gasteiger charge is 2.18. The van der Waals surface area contributed by atoms with Crippen LogP contribution in [0.2, 0.25) is 0 Å². The number of halogens is 1. The molecule has 2 rings (SSSR count). The van der Waals surface area contributed by atoms with E-state index in [2.05, 4.69) is 10.6 Å². The van der Waals surface area contributed by atoms with Crippen molar-refractivity contribution >= 4 is 28.2 Å². The van der Waals surface area contributed by atoms with Gasteiger partial charge < -0.3 is 15.4 Å². The lowest BCUT2D eigenvalue weighted by Crippen LogP contribution is -2.37. The Bertz CT molecular complexity index is 829. The maximum absolute atomic E-state index is 12.3. The van der Waals surface area contributed by atoms with E-state index in [1.165, 1.54) is 6.26 Å². The van der Waals surface area contributed by atoms with Crippen molar-refractivity contribution in [3.05, 3.63) is 65.7 Å². The van der Waals surface area contributed by atoms with Gasteiger partial charge >= 0.3 is 0 Å². The Hall–Kier alpha value is -1.93. The van der Waals surface area contributed by atoms with E-state index in [1.807, 2.05) is 36.4 Å². The molecule has 1 amide bonds. The van der Waals surface area contributed by atoms with Gasteiger partial charge in [-0.05, 0) is 23.3 Å². The first kappa shape index (κ1) is 23.1. The van der Waals surface area contributed by atoms with Gasteiger partial charge in [0.25, 0.3) is 0 Å². The molecule has 0 aliphatic rings. The molecule has 0 heterocycles. The van der Waals surface area contributed by atoms with Crippen molar-refractivity contribution in [1.29, 1.82) is 0 Å². The molecule has 2 aromatic carbocycles. The molecule has 8 heteroatoms. The lowest BCUT2D eigenvalue weighted by atomic mass is 9.98. The summed E-state index contributed by atoms with van der Waals surface area (Å²) in [5.74, 6) is -0.181. The molecule has 6 nitrogen and oxygen atoms in total.